The van der Waals surface area contributed by atoms with Crippen molar-refractivity contribution in [3.05, 3.63) is 52.7 Å². The normalized spacial score (nSPS) is 10.8. The first-order chi connectivity index (χ1) is 10.8. The van der Waals surface area contributed by atoms with E-state index in [4.69, 9.17) is 0 Å². The van der Waals surface area contributed by atoms with E-state index in [0.717, 1.165) is 32.1 Å². The lowest BCUT2D eigenvalue weighted by atomic mass is 10.3. The maximum Gasteiger partial charge on any atom is 0.191 e. The van der Waals surface area contributed by atoms with E-state index >= 15 is 0 Å². The Kier molecular flexibility index (Phi) is 9.70. The van der Waals surface area contributed by atoms with E-state index in [1.807, 2.05) is 6.07 Å². The number of thiophene rings is 1. The molecule has 2 aromatic rings. The summed E-state index contributed by atoms with van der Waals surface area (Å²) >= 11 is 1.74. The fourth-order valence-electron chi connectivity index (χ4n) is 2.05. The van der Waals surface area contributed by atoms with Crippen LogP contribution >= 0.6 is 35.3 Å². The first kappa shape index (κ1) is 19.8. The Hall–Kier alpha value is -1.28. The molecule has 6 heteroatoms. The summed E-state index contributed by atoms with van der Waals surface area (Å²) in [5.74, 6) is 0.873. The van der Waals surface area contributed by atoms with Gasteiger partial charge in [0.05, 0.1) is 6.54 Å². The highest BCUT2D eigenvalue weighted by Gasteiger charge is 2.01. The van der Waals surface area contributed by atoms with E-state index < -0.39 is 0 Å². The fourth-order valence-corrected chi connectivity index (χ4v) is 2.68. The number of para-hydroxylation sites is 1. The second-order valence-corrected chi connectivity index (χ2v) is 5.99. The van der Waals surface area contributed by atoms with Gasteiger partial charge in [-0.15, -0.1) is 35.3 Å². The van der Waals surface area contributed by atoms with Crippen molar-refractivity contribution in [2.24, 2.45) is 4.99 Å². The van der Waals surface area contributed by atoms with E-state index in [1.165, 1.54) is 10.6 Å². The maximum absolute atomic E-state index is 4.61. The maximum atomic E-state index is 4.61. The van der Waals surface area contributed by atoms with Crippen molar-refractivity contribution in [3.63, 3.8) is 0 Å². The lowest BCUT2D eigenvalue weighted by Crippen LogP contribution is -2.41. The van der Waals surface area contributed by atoms with E-state index in [1.54, 1.807) is 11.3 Å². The van der Waals surface area contributed by atoms with Gasteiger partial charge in [0.2, 0.25) is 0 Å². The molecule has 0 amide bonds. The zero-order valence-corrected chi connectivity index (χ0v) is 16.8. The molecule has 1 aromatic heterocycles. The van der Waals surface area contributed by atoms with Crippen LogP contribution in [0.15, 0.2) is 52.8 Å². The zero-order chi connectivity index (χ0) is 15.6. The molecule has 0 saturated carbocycles. The number of guanidine groups is 1. The standard InChI is InChI=1S/C17H24N4S.HI/c1-3-18-17(20-14-16-10-7-13-22-16)19-11-12-21(2)15-8-5-4-6-9-15;/h4-10,13H,3,11-12,14H2,1-2H3,(H2,18,19,20);1H. The van der Waals surface area contributed by atoms with Gasteiger partial charge in [-0.1, -0.05) is 24.3 Å². The van der Waals surface area contributed by atoms with E-state index in [0.29, 0.717) is 0 Å². The van der Waals surface area contributed by atoms with E-state index in [-0.39, 0.29) is 24.0 Å². The molecule has 126 valence electrons. The quantitative estimate of drug-likeness (QED) is 0.390. The summed E-state index contributed by atoms with van der Waals surface area (Å²) in [6, 6.07) is 14.6. The minimum Gasteiger partial charge on any atom is -0.373 e. The Morgan fingerprint density at radius 2 is 1.91 bits per heavy atom. The molecular weight excluding hydrogens is 419 g/mol. The minimum absolute atomic E-state index is 0. The summed E-state index contributed by atoms with van der Waals surface area (Å²) in [6.07, 6.45) is 0. The van der Waals surface area contributed by atoms with E-state index in [9.17, 15) is 0 Å². The number of anilines is 1. The van der Waals surface area contributed by atoms with Gasteiger partial charge in [-0.05, 0) is 30.5 Å². The number of rotatable bonds is 7. The number of hydrogen-bond donors (Lipinski definition) is 2. The fraction of sp³-hybridized carbons (Fsp3) is 0.353. The third-order valence-electron chi connectivity index (χ3n) is 3.25. The lowest BCUT2D eigenvalue weighted by Gasteiger charge is -2.20. The molecule has 2 rings (SSSR count). The van der Waals surface area contributed by atoms with Crippen molar-refractivity contribution in [1.29, 1.82) is 0 Å². The summed E-state index contributed by atoms with van der Waals surface area (Å²) in [4.78, 5) is 8.12. The highest BCUT2D eigenvalue weighted by molar-refractivity contribution is 14.0. The summed E-state index contributed by atoms with van der Waals surface area (Å²) in [5, 5.41) is 8.75. The van der Waals surface area contributed by atoms with E-state index in [2.05, 4.69) is 76.3 Å². The minimum atomic E-state index is 0. The molecule has 0 unspecified atom stereocenters. The molecule has 0 aliphatic carbocycles. The molecule has 0 aliphatic rings. The average Bonchev–Trinajstić information content (AvgIpc) is 3.06. The molecule has 0 radical (unpaired) electrons. The van der Waals surface area contributed by atoms with Gasteiger partial charge >= 0.3 is 0 Å². The molecule has 0 saturated heterocycles. The van der Waals surface area contributed by atoms with Gasteiger partial charge in [0, 0.05) is 37.2 Å². The van der Waals surface area contributed by atoms with Crippen molar-refractivity contribution in [1.82, 2.24) is 10.6 Å². The van der Waals surface area contributed by atoms with Crippen LogP contribution in [0.3, 0.4) is 0 Å². The third-order valence-corrected chi connectivity index (χ3v) is 4.12. The molecular formula is C17H25IN4S. The number of hydrogen-bond acceptors (Lipinski definition) is 3. The number of halogens is 1. The van der Waals surface area contributed by atoms with Crippen LogP contribution < -0.4 is 15.5 Å². The van der Waals surface area contributed by atoms with Crippen LogP contribution in [0.4, 0.5) is 5.69 Å². The topological polar surface area (TPSA) is 39.7 Å². The van der Waals surface area contributed by atoms with Crippen LogP contribution in [0, 0.1) is 0 Å². The summed E-state index contributed by atoms with van der Waals surface area (Å²) < 4.78 is 0. The molecule has 1 aromatic carbocycles. The molecule has 2 N–H and O–H groups in total. The van der Waals surface area contributed by atoms with Crippen molar-refractivity contribution >= 4 is 47.0 Å². The third kappa shape index (κ3) is 7.22. The van der Waals surface area contributed by atoms with Gasteiger partial charge in [0.1, 0.15) is 0 Å². The smallest absolute Gasteiger partial charge is 0.191 e. The highest BCUT2D eigenvalue weighted by atomic mass is 127. The molecule has 0 atom stereocenters. The Morgan fingerprint density at radius 1 is 1.13 bits per heavy atom. The zero-order valence-electron chi connectivity index (χ0n) is 13.7. The molecule has 0 aliphatic heterocycles. The molecule has 23 heavy (non-hydrogen) atoms. The van der Waals surface area contributed by atoms with Gasteiger partial charge in [-0.25, -0.2) is 4.99 Å². The first-order valence-electron chi connectivity index (χ1n) is 7.60. The molecule has 0 spiro atoms. The predicted octanol–water partition coefficient (Wildman–Crippen LogP) is 3.56. The predicted molar refractivity (Wildman–Crippen MR) is 112 cm³/mol. The molecule has 0 fully saturated rings. The Labute approximate surface area is 160 Å². The summed E-state index contributed by atoms with van der Waals surface area (Å²) in [7, 11) is 2.10. The largest absolute Gasteiger partial charge is 0.373 e. The van der Waals surface area contributed by atoms with Gasteiger partial charge < -0.3 is 15.5 Å². The Balaban J connectivity index is 0.00000264. The number of nitrogens with zero attached hydrogens (tertiary/aromatic N) is 2. The average molecular weight is 444 g/mol. The molecule has 4 nitrogen and oxygen atoms in total. The Morgan fingerprint density at radius 3 is 2.57 bits per heavy atom. The van der Waals surface area contributed by atoms with Gasteiger partial charge in [0.25, 0.3) is 0 Å². The number of nitrogens with one attached hydrogen (secondary N) is 2. The van der Waals surface area contributed by atoms with Crippen LogP contribution in [0.1, 0.15) is 11.8 Å². The molecule has 1 heterocycles. The van der Waals surface area contributed by atoms with Gasteiger partial charge in [-0.2, -0.15) is 0 Å². The van der Waals surface area contributed by atoms with Crippen LogP contribution in [-0.2, 0) is 6.54 Å². The second kappa shape index (κ2) is 11.3. The second-order valence-electron chi connectivity index (χ2n) is 4.96. The highest BCUT2D eigenvalue weighted by Crippen LogP contribution is 2.10. The molecule has 0 bridgehead atoms. The van der Waals surface area contributed by atoms with Crippen LogP contribution in [-0.4, -0.2) is 32.6 Å². The van der Waals surface area contributed by atoms with Crippen LogP contribution in [0.25, 0.3) is 0 Å². The van der Waals surface area contributed by atoms with Crippen molar-refractivity contribution in [2.45, 2.75) is 13.5 Å². The monoisotopic (exact) mass is 444 g/mol. The number of benzene rings is 1. The number of likely N-dealkylation sites (N-methyl/N-ethyl adjacent to an activating group) is 1. The van der Waals surface area contributed by atoms with Crippen molar-refractivity contribution in [3.8, 4) is 0 Å². The first-order valence-corrected chi connectivity index (χ1v) is 8.48. The van der Waals surface area contributed by atoms with Gasteiger partial charge in [-0.3, -0.25) is 0 Å². The SMILES string of the molecule is CCNC(=NCc1cccs1)NCCN(C)c1ccccc1.I. The summed E-state index contributed by atoms with van der Waals surface area (Å²) in [5.41, 5.74) is 1.23. The lowest BCUT2D eigenvalue weighted by molar-refractivity contribution is 0.781. The van der Waals surface area contributed by atoms with Crippen molar-refractivity contribution < 1.29 is 0 Å². The summed E-state index contributed by atoms with van der Waals surface area (Å²) in [6.45, 7) is 5.44. The van der Waals surface area contributed by atoms with Crippen molar-refractivity contribution in [2.75, 3.05) is 31.6 Å². The number of aliphatic imine (C=N–C) groups is 1. The van der Waals surface area contributed by atoms with Crippen LogP contribution in [0.5, 0.6) is 0 Å². The van der Waals surface area contributed by atoms with Crippen LogP contribution in [0.2, 0.25) is 0 Å². The Bertz CT molecular complexity index is 557. The van der Waals surface area contributed by atoms with Gasteiger partial charge in [0.15, 0.2) is 5.96 Å².